The van der Waals surface area contributed by atoms with E-state index in [-0.39, 0.29) is 30.8 Å². The Morgan fingerprint density at radius 3 is 2.55 bits per heavy atom. The Labute approximate surface area is 115 Å². The molecule has 7 heteroatoms. The number of halogens is 2. The Hall–Kier alpha value is -2.18. The van der Waals surface area contributed by atoms with E-state index in [1.807, 2.05) is 0 Å². The summed E-state index contributed by atoms with van der Waals surface area (Å²) in [5.41, 5.74) is 4.65. The van der Waals surface area contributed by atoms with Crippen molar-refractivity contribution in [2.45, 2.75) is 13.3 Å². The van der Waals surface area contributed by atoms with Crippen LogP contribution in [0.4, 0.5) is 14.5 Å². The molecule has 2 N–H and O–H groups in total. The first-order valence-electron chi connectivity index (χ1n) is 6.02. The minimum Gasteiger partial charge on any atom is -0.466 e. The summed E-state index contributed by atoms with van der Waals surface area (Å²) in [7, 11) is 1.40. The molecule has 20 heavy (non-hydrogen) atoms. The molecule has 1 aromatic rings. The van der Waals surface area contributed by atoms with Crippen LogP contribution in [0.3, 0.4) is 0 Å². The Morgan fingerprint density at radius 1 is 1.30 bits per heavy atom. The molecule has 0 atom stereocenters. The summed E-state index contributed by atoms with van der Waals surface area (Å²) < 4.78 is 31.3. The van der Waals surface area contributed by atoms with Crippen molar-refractivity contribution in [2.75, 3.05) is 25.9 Å². The molecule has 1 amide bonds. The number of amides is 1. The van der Waals surface area contributed by atoms with Crippen molar-refractivity contribution < 1.29 is 23.1 Å². The zero-order valence-electron chi connectivity index (χ0n) is 11.3. The molecule has 0 heterocycles. The van der Waals surface area contributed by atoms with Crippen molar-refractivity contribution in [1.82, 2.24) is 4.90 Å². The van der Waals surface area contributed by atoms with Gasteiger partial charge in [0.15, 0.2) is 0 Å². The quantitative estimate of drug-likeness (QED) is 0.658. The fourth-order valence-electron chi connectivity index (χ4n) is 1.53. The van der Waals surface area contributed by atoms with Crippen molar-refractivity contribution in [2.24, 2.45) is 0 Å². The maximum atomic E-state index is 13.5. The zero-order valence-corrected chi connectivity index (χ0v) is 11.3. The SMILES string of the molecule is CCOC(=O)CCN(C)C(=O)c1cc(N)c(F)cc1F. The molecule has 0 aliphatic carbocycles. The molecule has 0 aliphatic heterocycles. The average Bonchev–Trinajstić information content (AvgIpc) is 2.39. The van der Waals surface area contributed by atoms with Crippen molar-refractivity contribution in [3.63, 3.8) is 0 Å². The van der Waals surface area contributed by atoms with E-state index in [1.165, 1.54) is 7.05 Å². The highest BCUT2D eigenvalue weighted by Gasteiger charge is 2.19. The van der Waals surface area contributed by atoms with Gasteiger partial charge in [0.1, 0.15) is 11.6 Å². The number of benzene rings is 1. The van der Waals surface area contributed by atoms with Gasteiger partial charge < -0.3 is 15.4 Å². The highest BCUT2D eigenvalue weighted by atomic mass is 19.1. The maximum absolute atomic E-state index is 13.5. The predicted molar refractivity (Wildman–Crippen MR) is 69.0 cm³/mol. The van der Waals surface area contributed by atoms with Gasteiger partial charge >= 0.3 is 5.97 Å². The fourth-order valence-corrected chi connectivity index (χ4v) is 1.53. The molecule has 0 saturated carbocycles. The number of carbonyl (C=O) groups excluding carboxylic acids is 2. The van der Waals surface area contributed by atoms with E-state index in [2.05, 4.69) is 0 Å². The molecule has 0 spiro atoms. The van der Waals surface area contributed by atoms with Crippen molar-refractivity contribution in [1.29, 1.82) is 0 Å². The van der Waals surface area contributed by atoms with E-state index in [0.29, 0.717) is 6.07 Å². The molecule has 1 rings (SSSR count). The van der Waals surface area contributed by atoms with Gasteiger partial charge in [-0.1, -0.05) is 0 Å². The number of esters is 1. The second-order valence-electron chi connectivity index (χ2n) is 4.14. The van der Waals surface area contributed by atoms with E-state index in [4.69, 9.17) is 10.5 Å². The van der Waals surface area contributed by atoms with E-state index in [9.17, 15) is 18.4 Å². The van der Waals surface area contributed by atoms with Gasteiger partial charge in [-0.25, -0.2) is 8.78 Å². The molecule has 0 fully saturated rings. The van der Waals surface area contributed by atoms with Crippen LogP contribution in [-0.4, -0.2) is 37.0 Å². The van der Waals surface area contributed by atoms with Gasteiger partial charge in [0.05, 0.1) is 24.3 Å². The third-order valence-corrected chi connectivity index (χ3v) is 2.62. The number of ether oxygens (including phenoxy) is 1. The summed E-state index contributed by atoms with van der Waals surface area (Å²) in [6, 6.07) is 1.50. The lowest BCUT2D eigenvalue weighted by atomic mass is 10.1. The lowest BCUT2D eigenvalue weighted by Crippen LogP contribution is -2.30. The number of hydrogen-bond acceptors (Lipinski definition) is 4. The van der Waals surface area contributed by atoms with Crippen molar-refractivity contribution in [3.05, 3.63) is 29.3 Å². The van der Waals surface area contributed by atoms with Crippen LogP contribution in [0, 0.1) is 11.6 Å². The highest BCUT2D eigenvalue weighted by Crippen LogP contribution is 2.18. The molecule has 5 nitrogen and oxygen atoms in total. The number of nitrogen functional groups attached to an aromatic ring is 1. The van der Waals surface area contributed by atoms with Crippen LogP contribution >= 0.6 is 0 Å². The number of anilines is 1. The Balaban J connectivity index is 2.74. The summed E-state index contributed by atoms with van der Waals surface area (Å²) >= 11 is 0. The topological polar surface area (TPSA) is 72.6 Å². The molecule has 0 aliphatic rings. The van der Waals surface area contributed by atoms with Gasteiger partial charge in [-0.15, -0.1) is 0 Å². The first kappa shape index (κ1) is 15.9. The lowest BCUT2D eigenvalue weighted by Gasteiger charge is -2.17. The predicted octanol–water partition coefficient (Wildman–Crippen LogP) is 1.57. The van der Waals surface area contributed by atoms with Gasteiger partial charge in [-0.2, -0.15) is 0 Å². The largest absolute Gasteiger partial charge is 0.466 e. The number of carbonyl (C=O) groups is 2. The van der Waals surface area contributed by atoms with Crippen LogP contribution in [0.15, 0.2) is 12.1 Å². The average molecular weight is 286 g/mol. The van der Waals surface area contributed by atoms with Gasteiger partial charge in [0.2, 0.25) is 0 Å². The van der Waals surface area contributed by atoms with E-state index < -0.39 is 23.5 Å². The first-order chi connectivity index (χ1) is 9.36. The fraction of sp³-hybridized carbons (Fsp3) is 0.385. The number of rotatable bonds is 5. The van der Waals surface area contributed by atoms with Crippen molar-refractivity contribution in [3.8, 4) is 0 Å². The van der Waals surface area contributed by atoms with Crippen LogP contribution in [0.2, 0.25) is 0 Å². The second kappa shape index (κ2) is 6.83. The molecule has 0 aromatic heterocycles. The Morgan fingerprint density at radius 2 is 1.95 bits per heavy atom. The number of nitrogens with two attached hydrogens (primary N) is 1. The standard InChI is InChI=1S/C13H16F2N2O3/c1-3-20-12(18)4-5-17(2)13(19)8-6-11(16)10(15)7-9(8)14/h6-7H,3-5,16H2,1-2H3. The molecule has 0 unspecified atom stereocenters. The molecule has 0 bridgehead atoms. The Bertz CT molecular complexity index is 521. The molecule has 1 aromatic carbocycles. The van der Waals surface area contributed by atoms with Crippen LogP contribution < -0.4 is 5.73 Å². The second-order valence-corrected chi connectivity index (χ2v) is 4.14. The van der Waals surface area contributed by atoms with Gasteiger partial charge in [0, 0.05) is 19.7 Å². The van der Waals surface area contributed by atoms with Crippen LogP contribution in [0.1, 0.15) is 23.7 Å². The summed E-state index contributed by atoms with van der Waals surface area (Å²) in [4.78, 5) is 24.3. The minimum atomic E-state index is -0.996. The zero-order chi connectivity index (χ0) is 15.3. The molecule has 0 radical (unpaired) electrons. The van der Waals surface area contributed by atoms with Crippen LogP contribution in [0.5, 0.6) is 0 Å². The Kier molecular flexibility index (Phi) is 5.42. The summed E-state index contributed by atoms with van der Waals surface area (Å²) in [6.07, 6.45) is -0.00558. The third-order valence-electron chi connectivity index (χ3n) is 2.62. The van der Waals surface area contributed by atoms with E-state index in [0.717, 1.165) is 11.0 Å². The van der Waals surface area contributed by atoms with E-state index in [1.54, 1.807) is 6.92 Å². The van der Waals surface area contributed by atoms with Crippen LogP contribution in [0.25, 0.3) is 0 Å². The van der Waals surface area contributed by atoms with Gasteiger partial charge in [-0.3, -0.25) is 9.59 Å². The van der Waals surface area contributed by atoms with Gasteiger partial charge in [-0.05, 0) is 13.0 Å². The summed E-state index contributed by atoms with van der Waals surface area (Å²) in [5, 5.41) is 0. The summed E-state index contributed by atoms with van der Waals surface area (Å²) in [6.45, 7) is 1.98. The lowest BCUT2D eigenvalue weighted by molar-refractivity contribution is -0.143. The normalized spacial score (nSPS) is 10.2. The monoisotopic (exact) mass is 286 g/mol. The highest BCUT2D eigenvalue weighted by molar-refractivity contribution is 5.95. The third kappa shape index (κ3) is 3.91. The molecular weight excluding hydrogens is 270 g/mol. The van der Waals surface area contributed by atoms with Crippen molar-refractivity contribution >= 4 is 17.6 Å². The number of nitrogens with zero attached hydrogens (tertiary/aromatic N) is 1. The van der Waals surface area contributed by atoms with Crippen LogP contribution in [-0.2, 0) is 9.53 Å². The van der Waals surface area contributed by atoms with E-state index >= 15 is 0 Å². The molecule has 110 valence electrons. The van der Waals surface area contributed by atoms with Gasteiger partial charge in [0.25, 0.3) is 5.91 Å². The molecule has 0 saturated heterocycles. The first-order valence-corrected chi connectivity index (χ1v) is 6.02. The summed E-state index contributed by atoms with van der Waals surface area (Å²) in [5.74, 6) is -3.05. The molecular formula is C13H16F2N2O3. The number of hydrogen-bond donors (Lipinski definition) is 1. The maximum Gasteiger partial charge on any atom is 0.307 e. The minimum absolute atomic E-state index is 0.00558. The smallest absolute Gasteiger partial charge is 0.307 e.